The molecule has 0 aliphatic heterocycles. The Kier molecular flexibility index (Phi) is 6.67. The van der Waals surface area contributed by atoms with Crippen LogP contribution in [0.5, 0.6) is 0 Å². The van der Waals surface area contributed by atoms with Gasteiger partial charge in [0.1, 0.15) is 0 Å². The molecule has 0 saturated carbocycles. The zero-order valence-electron chi connectivity index (χ0n) is 10.9. The number of rotatable bonds is 8. The van der Waals surface area contributed by atoms with Gasteiger partial charge in [-0.2, -0.15) is 0 Å². The summed E-state index contributed by atoms with van der Waals surface area (Å²) in [6.07, 6.45) is 2.98. The second-order valence-corrected chi connectivity index (χ2v) is 7.54. The van der Waals surface area contributed by atoms with Crippen molar-refractivity contribution in [3.8, 4) is 0 Å². The molecule has 0 aromatic rings. The van der Waals surface area contributed by atoms with E-state index in [1.54, 1.807) is 0 Å². The molecule has 0 amide bonds. The summed E-state index contributed by atoms with van der Waals surface area (Å²) in [4.78, 5) is 0. The summed E-state index contributed by atoms with van der Waals surface area (Å²) < 4.78 is 11.7. The van der Waals surface area contributed by atoms with Gasteiger partial charge in [0.25, 0.3) is 0 Å². The van der Waals surface area contributed by atoms with Crippen molar-refractivity contribution in [3.05, 3.63) is 0 Å². The minimum Gasteiger partial charge on any atom is -0.394 e. The van der Waals surface area contributed by atoms with E-state index < -0.39 is 8.56 Å². The van der Waals surface area contributed by atoms with Gasteiger partial charge in [0.2, 0.25) is 0 Å². The Morgan fingerprint density at radius 3 is 1.80 bits per heavy atom. The summed E-state index contributed by atoms with van der Waals surface area (Å²) in [6.45, 7) is 11.8. The summed E-state index contributed by atoms with van der Waals surface area (Å²) in [6, 6.07) is 0. The van der Waals surface area contributed by atoms with Crippen LogP contribution in [0.4, 0.5) is 0 Å². The zero-order chi connectivity index (χ0) is 11.9. The molecule has 4 heteroatoms. The number of nitrogens with two attached hydrogens (primary N) is 1. The largest absolute Gasteiger partial charge is 0.394 e. The van der Waals surface area contributed by atoms with E-state index in [9.17, 15) is 0 Å². The first-order valence-corrected chi connectivity index (χ1v) is 8.38. The van der Waals surface area contributed by atoms with E-state index in [4.69, 9.17) is 14.6 Å². The molecule has 0 aliphatic rings. The van der Waals surface area contributed by atoms with Gasteiger partial charge >= 0.3 is 8.56 Å². The SMILES string of the molecule is CCCC(N)(CC)[Si](C)(OCC)OCC. The fourth-order valence-electron chi connectivity index (χ4n) is 2.05. The molecule has 2 N–H and O–H groups in total. The zero-order valence-corrected chi connectivity index (χ0v) is 11.9. The van der Waals surface area contributed by atoms with E-state index in [1.165, 1.54) is 0 Å². The van der Waals surface area contributed by atoms with Crippen LogP contribution in [0.1, 0.15) is 47.0 Å². The predicted molar refractivity (Wildman–Crippen MR) is 67.0 cm³/mol. The van der Waals surface area contributed by atoms with Crippen molar-refractivity contribution in [2.75, 3.05) is 13.2 Å². The van der Waals surface area contributed by atoms with Crippen LogP contribution in [-0.2, 0) is 8.85 Å². The van der Waals surface area contributed by atoms with E-state index in [0.29, 0.717) is 13.2 Å². The molecular weight excluding hydrogens is 206 g/mol. The first-order valence-electron chi connectivity index (χ1n) is 6.06. The molecule has 0 saturated heterocycles. The van der Waals surface area contributed by atoms with Crippen LogP contribution < -0.4 is 5.73 Å². The van der Waals surface area contributed by atoms with Crippen LogP contribution in [0.15, 0.2) is 0 Å². The molecule has 0 fully saturated rings. The Hall–Kier alpha value is 0.0969. The molecule has 0 radical (unpaired) electrons. The first kappa shape index (κ1) is 15.1. The number of hydrogen-bond donors (Lipinski definition) is 1. The van der Waals surface area contributed by atoms with Gasteiger partial charge in [0.15, 0.2) is 0 Å². The highest BCUT2D eigenvalue weighted by Crippen LogP contribution is 2.28. The molecule has 0 heterocycles. The van der Waals surface area contributed by atoms with E-state index in [-0.39, 0.29) is 5.16 Å². The minimum atomic E-state index is -2.25. The lowest BCUT2D eigenvalue weighted by atomic mass is 10.1. The van der Waals surface area contributed by atoms with Crippen LogP contribution in [0.2, 0.25) is 6.55 Å². The van der Waals surface area contributed by atoms with Gasteiger partial charge in [-0.05, 0) is 33.2 Å². The predicted octanol–water partition coefficient (Wildman–Crippen LogP) is 2.58. The van der Waals surface area contributed by atoms with Gasteiger partial charge in [-0.25, -0.2) is 0 Å². The lowest BCUT2D eigenvalue weighted by molar-refractivity contribution is 0.155. The fourth-order valence-corrected chi connectivity index (χ4v) is 5.16. The second kappa shape index (κ2) is 6.63. The Bertz CT molecular complexity index is 172. The lowest BCUT2D eigenvalue weighted by Gasteiger charge is -2.42. The second-order valence-electron chi connectivity index (χ2n) is 4.07. The van der Waals surface area contributed by atoms with Crippen molar-refractivity contribution in [1.82, 2.24) is 0 Å². The molecule has 0 spiro atoms. The smallest absolute Gasteiger partial charge is 0.355 e. The summed E-state index contributed by atoms with van der Waals surface area (Å²) in [7, 11) is -2.25. The van der Waals surface area contributed by atoms with Crippen molar-refractivity contribution >= 4 is 8.56 Å². The minimum absolute atomic E-state index is 0.256. The van der Waals surface area contributed by atoms with E-state index >= 15 is 0 Å². The standard InChI is InChI=1S/C11H27NO2Si/c1-6-10-11(12,7-2)15(5,13-8-3)14-9-4/h6-10,12H2,1-5H3. The Morgan fingerprint density at radius 2 is 1.53 bits per heavy atom. The molecule has 0 rings (SSSR count). The maximum atomic E-state index is 6.47. The average molecular weight is 233 g/mol. The molecule has 1 atom stereocenters. The third-order valence-electron chi connectivity index (χ3n) is 3.07. The molecule has 0 aliphatic carbocycles. The van der Waals surface area contributed by atoms with Gasteiger partial charge < -0.3 is 14.6 Å². The van der Waals surface area contributed by atoms with Crippen molar-refractivity contribution < 1.29 is 8.85 Å². The molecule has 3 nitrogen and oxygen atoms in total. The van der Waals surface area contributed by atoms with Crippen LogP contribution in [-0.4, -0.2) is 26.9 Å². The first-order chi connectivity index (χ1) is 6.99. The Balaban J connectivity index is 4.81. The van der Waals surface area contributed by atoms with Gasteiger partial charge in [-0.1, -0.05) is 20.3 Å². The van der Waals surface area contributed by atoms with Gasteiger partial charge in [0, 0.05) is 13.2 Å². The third kappa shape index (κ3) is 3.55. The average Bonchev–Trinajstić information content (AvgIpc) is 2.18. The van der Waals surface area contributed by atoms with E-state index in [2.05, 4.69) is 20.4 Å². The van der Waals surface area contributed by atoms with Crippen LogP contribution in [0.3, 0.4) is 0 Å². The van der Waals surface area contributed by atoms with E-state index in [0.717, 1.165) is 19.3 Å². The topological polar surface area (TPSA) is 44.5 Å². The number of hydrogen-bond acceptors (Lipinski definition) is 3. The molecule has 15 heavy (non-hydrogen) atoms. The highest BCUT2D eigenvalue weighted by molar-refractivity contribution is 6.69. The summed E-state index contributed by atoms with van der Waals surface area (Å²) in [5.41, 5.74) is 6.47. The highest BCUT2D eigenvalue weighted by Gasteiger charge is 2.49. The summed E-state index contributed by atoms with van der Waals surface area (Å²) >= 11 is 0. The highest BCUT2D eigenvalue weighted by atomic mass is 28.4. The van der Waals surface area contributed by atoms with Gasteiger partial charge in [-0.15, -0.1) is 0 Å². The Labute approximate surface area is 95.6 Å². The molecule has 92 valence electrons. The molecular formula is C11H27NO2Si. The van der Waals surface area contributed by atoms with Crippen molar-refractivity contribution in [1.29, 1.82) is 0 Å². The van der Waals surface area contributed by atoms with Crippen LogP contribution >= 0.6 is 0 Å². The Morgan fingerprint density at radius 1 is 1.07 bits per heavy atom. The maximum Gasteiger partial charge on any atom is 0.355 e. The van der Waals surface area contributed by atoms with Crippen LogP contribution in [0.25, 0.3) is 0 Å². The summed E-state index contributed by atoms with van der Waals surface area (Å²) in [5.74, 6) is 0. The van der Waals surface area contributed by atoms with E-state index in [1.807, 2.05) is 13.8 Å². The molecule has 0 bridgehead atoms. The monoisotopic (exact) mass is 233 g/mol. The third-order valence-corrected chi connectivity index (χ3v) is 7.16. The van der Waals surface area contributed by atoms with Gasteiger partial charge in [0.05, 0.1) is 5.16 Å². The maximum absolute atomic E-state index is 6.47. The molecule has 0 aromatic carbocycles. The fraction of sp³-hybridized carbons (Fsp3) is 1.00. The summed E-state index contributed by atoms with van der Waals surface area (Å²) in [5, 5.41) is -0.256. The lowest BCUT2D eigenvalue weighted by Crippen LogP contribution is -2.66. The van der Waals surface area contributed by atoms with Crippen molar-refractivity contribution in [2.45, 2.75) is 58.7 Å². The normalized spacial score (nSPS) is 16.4. The molecule has 1 unspecified atom stereocenters. The van der Waals surface area contributed by atoms with Gasteiger partial charge in [-0.3, -0.25) is 0 Å². The van der Waals surface area contributed by atoms with Crippen molar-refractivity contribution in [3.63, 3.8) is 0 Å². The molecule has 0 aromatic heterocycles. The van der Waals surface area contributed by atoms with Crippen molar-refractivity contribution in [2.24, 2.45) is 5.73 Å². The van der Waals surface area contributed by atoms with Crippen LogP contribution in [0, 0.1) is 0 Å². The quantitative estimate of drug-likeness (QED) is 0.655.